The van der Waals surface area contributed by atoms with Crippen LogP contribution in [-0.4, -0.2) is 9.97 Å². The molecule has 0 radical (unpaired) electrons. The first-order chi connectivity index (χ1) is 10.2. The average Bonchev–Trinajstić information content (AvgIpc) is 2.85. The highest BCUT2D eigenvalue weighted by Crippen LogP contribution is 2.37. The van der Waals surface area contributed by atoms with Crippen LogP contribution in [0.2, 0.25) is 0 Å². The lowest BCUT2D eigenvalue weighted by atomic mass is 9.88. The van der Waals surface area contributed by atoms with Crippen molar-refractivity contribution in [1.82, 2.24) is 9.97 Å². The van der Waals surface area contributed by atoms with Crippen LogP contribution >= 0.6 is 11.3 Å². The van der Waals surface area contributed by atoms with E-state index in [1.807, 2.05) is 0 Å². The lowest BCUT2D eigenvalue weighted by molar-refractivity contribution is 0.429. The fourth-order valence-corrected chi connectivity index (χ4v) is 5.33. The predicted octanol–water partition coefficient (Wildman–Crippen LogP) is 4.16. The SMILES string of the molecule is CC1CCc2c(sc3nc(C4CCCCC4)[nH]c(=O)c23)C1. The molecule has 2 aromatic heterocycles. The second-order valence-electron chi connectivity index (χ2n) is 6.82. The molecule has 1 N–H and O–H groups in total. The average molecular weight is 302 g/mol. The fraction of sp³-hybridized carbons (Fsp3) is 0.647. The lowest BCUT2D eigenvalue weighted by Crippen LogP contribution is -2.17. The van der Waals surface area contributed by atoms with Crippen LogP contribution in [0.4, 0.5) is 0 Å². The molecule has 2 heterocycles. The number of thiophene rings is 1. The van der Waals surface area contributed by atoms with Gasteiger partial charge in [0.05, 0.1) is 5.39 Å². The Balaban J connectivity index is 1.81. The van der Waals surface area contributed by atoms with Gasteiger partial charge in [-0.15, -0.1) is 11.3 Å². The van der Waals surface area contributed by atoms with Crippen LogP contribution in [0, 0.1) is 5.92 Å². The van der Waals surface area contributed by atoms with Crippen molar-refractivity contribution < 1.29 is 0 Å². The van der Waals surface area contributed by atoms with Crippen LogP contribution in [0.5, 0.6) is 0 Å². The highest BCUT2D eigenvalue weighted by atomic mass is 32.1. The fourth-order valence-electron chi connectivity index (χ4n) is 3.93. The second-order valence-corrected chi connectivity index (χ2v) is 7.90. The number of aromatic amines is 1. The van der Waals surface area contributed by atoms with Crippen LogP contribution in [0.15, 0.2) is 4.79 Å². The van der Waals surface area contributed by atoms with Crippen molar-refractivity contribution in [2.24, 2.45) is 5.92 Å². The van der Waals surface area contributed by atoms with Gasteiger partial charge in [-0.1, -0.05) is 26.2 Å². The first kappa shape index (κ1) is 13.5. The minimum Gasteiger partial charge on any atom is -0.310 e. The minimum atomic E-state index is 0.104. The van der Waals surface area contributed by atoms with E-state index in [-0.39, 0.29) is 5.56 Å². The Morgan fingerprint density at radius 1 is 1.19 bits per heavy atom. The summed E-state index contributed by atoms with van der Waals surface area (Å²) in [7, 11) is 0. The molecule has 112 valence electrons. The molecule has 0 amide bonds. The van der Waals surface area contributed by atoms with E-state index >= 15 is 0 Å². The molecule has 2 aromatic rings. The molecule has 1 saturated carbocycles. The van der Waals surface area contributed by atoms with Crippen molar-refractivity contribution in [2.45, 2.75) is 64.2 Å². The summed E-state index contributed by atoms with van der Waals surface area (Å²) in [5, 5.41) is 0.890. The molecule has 1 fully saturated rings. The van der Waals surface area contributed by atoms with E-state index in [1.54, 1.807) is 11.3 Å². The number of hydrogen-bond donors (Lipinski definition) is 1. The summed E-state index contributed by atoms with van der Waals surface area (Å²) in [6.07, 6.45) is 9.58. The molecule has 4 heteroatoms. The number of fused-ring (bicyclic) bond motifs is 3. The van der Waals surface area contributed by atoms with Gasteiger partial charge in [0.1, 0.15) is 10.7 Å². The monoisotopic (exact) mass is 302 g/mol. The number of rotatable bonds is 1. The van der Waals surface area contributed by atoms with Gasteiger partial charge in [-0.25, -0.2) is 4.98 Å². The zero-order valence-corrected chi connectivity index (χ0v) is 13.4. The Kier molecular flexibility index (Phi) is 3.37. The van der Waals surface area contributed by atoms with Gasteiger partial charge in [0.15, 0.2) is 0 Å². The highest BCUT2D eigenvalue weighted by Gasteiger charge is 2.24. The van der Waals surface area contributed by atoms with Gasteiger partial charge in [-0.05, 0) is 43.6 Å². The van der Waals surface area contributed by atoms with E-state index in [0.29, 0.717) is 5.92 Å². The molecule has 2 aliphatic carbocycles. The zero-order valence-electron chi connectivity index (χ0n) is 12.6. The van der Waals surface area contributed by atoms with Crippen molar-refractivity contribution >= 4 is 21.6 Å². The Morgan fingerprint density at radius 3 is 2.81 bits per heavy atom. The Morgan fingerprint density at radius 2 is 2.00 bits per heavy atom. The summed E-state index contributed by atoms with van der Waals surface area (Å²) in [6.45, 7) is 2.30. The highest BCUT2D eigenvalue weighted by molar-refractivity contribution is 7.18. The molecule has 1 atom stereocenters. The number of aryl methyl sites for hydroxylation is 1. The Bertz CT molecular complexity index is 724. The van der Waals surface area contributed by atoms with Crippen molar-refractivity contribution in [1.29, 1.82) is 0 Å². The van der Waals surface area contributed by atoms with Gasteiger partial charge in [0.2, 0.25) is 0 Å². The van der Waals surface area contributed by atoms with Gasteiger partial charge in [-0.2, -0.15) is 0 Å². The third-order valence-electron chi connectivity index (χ3n) is 5.18. The third kappa shape index (κ3) is 2.33. The lowest BCUT2D eigenvalue weighted by Gasteiger charge is -2.20. The third-order valence-corrected chi connectivity index (χ3v) is 6.32. The maximum Gasteiger partial charge on any atom is 0.259 e. The predicted molar refractivity (Wildman–Crippen MR) is 87.3 cm³/mol. The van der Waals surface area contributed by atoms with Crippen LogP contribution in [0.25, 0.3) is 10.2 Å². The van der Waals surface area contributed by atoms with Crippen molar-refractivity contribution in [2.75, 3.05) is 0 Å². The van der Waals surface area contributed by atoms with E-state index < -0.39 is 0 Å². The second kappa shape index (κ2) is 5.24. The largest absolute Gasteiger partial charge is 0.310 e. The quantitative estimate of drug-likeness (QED) is 0.860. The van der Waals surface area contributed by atoms with Gasteiger partial charge < -0.3 is 4.98 Å². The molecular formula is C17H22N2OS. The summed E-state index contributed by atoms with van der Waals surface area (Å²) in [6, 6.07) is 0. The van der Waals surface area contributed by atoms with Crippen molar-refractivity contribution in [3.63, 3.8) is 0 Å². The van der Waals surface area contributed by atoms with Crippen molar-refractivity contribution in [3.8, 4) is 0 Å². The van der Waals surface area contributed by atoms with Crippen molar-refractivity contribution in [3.05, 3.63) is 26.6 Å². The molecule has 0 spiro atoms. The molecule has 4 rings (SSSR count). The number of hydrogen-bond acceptors (Lipinski definition) is 3. The number of aromatic nitrogens is 2. The first-order valence-corrected chi connectivity index (χ1v) is 9.08. The maximum atomic E-state index is 12.6. The first-order valence-electron chi connectivity index (χ1n) is 8.27. The smallest absolute Gasteiger partial charge is 0.259 e. The minimum absolute atomic E-state index is 0.104. The van der Waals surface area contributed by atoms with E-state index in [1.165, 1.54) is 49.0 Å². The normalized spacial score (nSPS) is 23.4. The summed E-state index contributed by atoms with van der Waals surface area (Å²) in [5.41, 5.74) is 1.39. The summed E-state index contributed by atoms with van der Waals surface area (Å²) in [4.78, 5) is 22.9. The van der Waals surface area contributed by atoms with Gasteiger partial charge in [0, 0.05) is 10.8 Å². The Hall–Kier alpha value is -1.16. The number of nitrogens with one attached hydrogen (secondary N) is 1. The summed E-state index contributed by atoms with van der Waals surface area (Å²) in [5.74, 6) is 2.15. The molecule has 21 heavy (non-hydrogen) atoms. The van der Waals surface area contributed by atoms with E-state index in [0.717, 1.165) is 34.8 Å². The summed E-state index contributed by atoms with van der Waals surface area (Å²) >= 11 is 1.76. The molecule has 3 nitrogen and oxygen atoms in total. The van der Waals surface area contributed by atoms with Gasteiger partial charge >= 0.3 is 0 Å². The molecule has 0 saturated heterocycles. The van der Waals surface area contributed by atoms with Crippen LogP contribution in [0.3, 0.4) is 0 Å². The van der Waals surface area contributed by atoms with Crippen LogP contribution < -0.4 is 5.56 Å². The number of nitrogens with zero attached hydrogens (tertiary/aromatic N) is 1. The topological polar surface area (TPSA) is 45.8 Å². The molecule has 1 unspecified atom stereocenters. The standard InChI is InChI=1S/C17H22N2OS/c1-10-7-8-12-13(9-10)21-17-14(12)16(20)18-15(19-17)11-5-3-2-4-6-11/h10-11H,2-9H2,1H3,(H,18,19,20). The van der Waals surface area contributed by atoms with E-state index in [9.17, 15) is 4.79 Å². The van der Waals surface area contributed by atoms with E-state index in [2.05, 4.69) is 11.9 Å². The molecule has 0 aromatic carbocycles. The van der Waals surface area contributed by atoms with Gasteiger partial charge in [0.25, 0.3) is 5.56 Å². The zero-order chi connectivity index (χ0) is 14.4. The number of H-pyrrole nitrogens is 1. The Labute approximate surface area is 128 Å². The molecular weight excluding hydrogens is 280 g/mol. The molecule has 0 bridgehead atoms. The summed E-state index contributed by atoms with van der Waals surface area (Å²) < 4.78 is 0. The van der Waals surface area contributed by atoms with Crippen LogP contribution in [-0.2, 0) is 12.8 Å². The molecule has 0 aliphatic heterocycles. The maximum absolute atomic E-state index is 12.6. The van der Waals surface area contributed by atoms with Gasteiger partial charge in [-0.3, -0.25) is 4.79 Å². The van der Waals surface area contributed by atoms with E-state index in [4.69, 9.17) is 4.98 Å². The molecule has 2 aliphatic rings. The van der Waals surface area contributed by atoms with Crippen LogP contribution in [0.1, 0.15) is 67.6 Å².